The topological polar surface area (TPSA) is 182 Å². The van der Waals surface area contributed by atoms with E-state index < -0.39 is 0 Å². The number of nitrogens with two attached hydrogens (primary N) is 2. The fourth-order valence-electron chi connectivity index (χ4n) is 3.69. The van der Waals surface area contributed by atoms with Gasteiger partial charge in [-0.2, -0.15) is 20.4 Å². The first-order valence-corrected chi connectivity index (χ1v) is 10.2. The molecule has 0 aliphatic carbocycles. The van der Waals surface area contributed by atoms with Crippen LogP contribution in [0.25, 0.3) is 12.3 Å². The average Bonchev–Trinajstić information content (AvgIpc) is 3.40. The van der Waals surface area contributed by atoms with Crippen molar-refractivity contribution < 1.29 is 33.6 Å². The Kier molecular flexibility index (Phi) is 14.2. The predicted molar refractivity (Wildman–Crippen MR) is 128 cm³/mol. The third kappa shape index (κ3) is 7.38. The molecule has 34 heavy (non-hydrogen) atoms. The number of rotatable bonds is 4. The van der Waals surface area contributed by atoms with Gasteiger partial charge < -0.3 is 12.3 Å². The fourth-order valence-corrected chi connectivity index (χ4v) is 3.69. The molecule has 12 heteroatoms. The van der Waals surface area contributed by atoms with Crippen molar-refractivity contribution in [2.24, 2.45) is 0 Å². The van der Waals surface area contributed by atoms with Crippen LogP contribution in [0, 0.1) is 55.4 Å². The molecule has 2 radical (unpaired) electrons. The molecule has 0 aliphatic rings. The zero-order valence-corrected chi connectivity index (χ0v) is 23.1. The van der Waals surface area contributed by atoms with Crippen LogP contribution in [-0.2, 0) is 46.4 Å². The molecule has 4 aromatic heterocycles. The van der Waals surface area contributed by atoms with E-state index in [9.17, 15) is 0 Å². The Bertz CT molecular complexity index is 896. The maximum atomic E-state index is 4.20. The Morgan fingerprint density at radius 3 is 0.706 bits per heavy atom. The second-order valence-electron chi connectivity index (χ2n) is 8.00. The van der Waals surface area contributed by atoms with Crippen molar-refractivity contribution in [1.82, 2.24) is 40.8 Å². The van der Waals surface area contributed by atoms with Crippen LogP contribution in [0.5, 0.6) is 0 Å². The largest absolute Gasteiger partial charge is 2.00 e. The van der Waals surface area contributed by atoms with E-state index in [0.29, 0.717) is 0 Å². The van der Waals surface area contributed by atoms with Gasteiger partial charge >= 0.3 is 33.6 Å². The normalized spacial score (nSPS) is 9.65. The van der Waals surface area contributed by atoms with Gasteiger partial charge in [0, 0.05) is 57.9 Å². The van der Waals surface area contributed by atoms with Gasteiger partial charge in [0.05, 0.1) is 22.8 Å². The number of hydrogen-bond donors (Lipinski definition) is 4. The minimum Gasteiger partial charge on any atom is -0.693 e. The number of nitrogens with one attached hydrogen (secondary N) is 4. The van der Waals surface area contributed by atoms with E-state index in [1.165, 1.54) is 22.3 Å². The van der Waals surface area contributed by atoms with E-state index in [1.54, 1.807) is 0 Å². The molecular weight excluding hydrogens is 522 g/mol. The number of hydrogen-bond acceptors (Lipinski definition) is 4. The molecule has 0 bridgehead atoms. The monoisotopic (exact) mass is 558 g/mol. The summed E-state index contributed by atoms with van der Waals surface area (Å²) in [5.41, 5.74) is 14.0. The number of aryl methyl sites for hydroxylation is 8. The molecule has 0 unspecified atom stereocenters. The molecule has 4 rings (SSSR count). The molecule has 0 amide bonds. The van der Waals surface area contributed by atoms with Crippen molar-refractivity contribution in [3.8, 4) is 0 Å². The Hall–Kier alpha value is -2.23. The predicted octanol–water partition coefficient (Wildman–Crippen LogP) is 5.34. The van der Waals surface area contributed by atoms with Crippen LogP contribution in [0.1, 0.15) is 67.8 Å². The van der Waals surface area contributed by atoms with Crippen LogP contribution < -0.4 is 0 Å². The van der Waals surface area contributed by atoms with Gasteiger partial charge in [-0.15, -0.1) is 0 Å². The van der Waals surface area contributed by atoms with Gasteiger partial charge in [0.15, 0.2) is 0 Å². The van der Waals surface area contributed by atoms with Crippen LogP contribution in [0.4, 0.5) is 0 Å². The minimum absolute atomic E-state index is 0. The van der Waals surface area contributed by atoms with Gasteiger partial charge in [-0.1, -0.05) is 0 Å². The molecule has 0 aliphatic heterocycles. The summed E-state index contributed by atoms with van der Waals surface area (Å²) in [5, 5.41) is 28.8. The van der Waals surface area contributed by atoms with Gasteiger partial charge in [-0.05, 0) is 55.4 Å². The molecule has 0 fully saturated rings. The SMILES string of the molecule is Cc1n[nH]c(C)c1Cc1c(C)n[nH]c1C.Cc1n[nH]c(C)c1Cc1c(C)n[nH]c1C.[Co+2].[Co+2].[NH2-].[NH2-]. The van der Waals surface area contributed by atoms with Crippen molar-refractivity contribution in [3.63, 3.8) is 0 Å². The standard InChI is InChI=1S/2C11H16N4.2Co.2H2N/c2*1-6-10(7(2)13-12-6)5-11-8(3)14-15-9(11)4;;;;/h2*5H2,1-4H3,(H,12,13)(H,14,15);;;2*1H2/q;;2*+2;2*-1. The zero-order chi connectivity index (χ0) is 22.0. The Labute approximate surface area is 222 Å². The maximum Gasteiger partial charge on any atom is 2.00 e. The van der Waals surface area contributed by atoms with Gasteiger partial charge in [0.1, 0.15) is 0 Å². The zero-order valence-electron chi connectivity index (χ0n) is 21.0. The number of H-pyrrole nitrogens is 4. The minimum atomic E-state index is 0. The van der Waals surface area contributed by atoms with Crippen molar-refractivity contribution in [2.75, 3.05) is 0 Å². The van der Waals surface area contributed by atoms with Crippen LogP contribution >= 0.6 is 0 Å². The summed E-state index contributed by atoms with van der Waals surface area (Å²) in [7, 11) is 0. The molecule has 4 heterocycles. The van der Waals surface area contributed by atoms with Crippen LogP contribution in [0.15, 0.2) is 0 Å². The van der Waals surface area contributed by atoms with Gasteiger partial charge in [0.25, 0.3) is 0 Å². The van der Waals surface area contributed by atoms with E-state index >= 15 is 0 Å². The van der Waals surface area contributed by atoms with Crippen molar-refractivity contribution >= 4 is 0 Å². The second-order valence-corrected chi connectivity index (χ2v) is 8.00. The number of aromatic amines is 4. The third-order valence-electron chi connectivity index (χ3n) is 5.83. The third-order valence-corrected chi connectivity index (χ3v) is 5.83. The van der Waals surface area contributed by atoms with Crippen molar-refractivity contribution in [1.29, 1.82) is 0 Å². The first-order chi connectivity index (χ1) is 14.2. The van der Waals surface area contributed by atoms with Crippen molar-refractivity contribution in [2.45, 2.75) is 68.2 Å². The number of nitrogens with zero attached hydrogens (tertiary/aromatic N) is 4. The molecular formula is C22H36Co2N10+2. The quantitative estimate of drug-likeness (QED) is 0.264. The molecule has 0 spiro atoms. The molecule has 8 N–H and O–H groups in total. The molecule has 10 nitrogen and oxygen atoms in total. The molecule has 0 saturated carbocycles. The molecule has 0 atom stereocenters. The van der Waals surface area contributed by atoms with E-state index in [4.69, 9.17) is 0 Å². The summed E-state index contributed by atoms with van der Waals surface area (Å²) in [6.07, 6.45) is 1.81. The summed E-state index contributed by atoms with van der Waals surface area (Å²) in [6.45, 7) is 16.3. The van der Waals surface area contributed by atoms with Crippen LogP contribution in [0.2, 0.25) is 0 Å². The molecule has 0 aromatic carbocycles. The summed E-state index contributed by atoms with van der Waals surface area (Å²) in [6, 6.07) is 0. The van der Waals surface area contributed by atoms with Gasteiger partial charge in [-0.3, -0.25) is 20.4 Å². The van der Waals surface area contributed by atoms with Crippen LogP contribution in [0.3, 0.4) is 0 Å². The summed E-state index contributed by atoms with van der Waals surface area (Å²) in [5.74, 6) is 0. The summed E-state index contributed by atoms with van der Waals surface area (Å²) < 4.78 is 0. The van der Waals surface area contributed by atoms with E-state index in [-0.39, 0.29) is 45.9 Å². The Morgan fingerprint density at radius 1 is 0.412 bits per heavy atom. The Morgan fingerprint density at radius 2 is 0.588 bits per heavy atom. The molecule has 0 saturated heterocycles. The first-order valence-electron chi connectivity index (χ1n) is 10.2. The molecule has 190 valence electrons. The smallest absolute Gasteiger partial charge is 0.693 e. The Balaban J connectivity index is 0. The van der Waals surface area contributed by atoms with E-state index in [0.717, 1.165) is 58.4 Å². The number of aromatic nitrogens is 8. The average molecular weight is 558 g/mol. The van der Waals surface area contributed by atoms with E-state index in [2.05, 4.69) is 68.5 Å². The van der Waals surface area contributed by atoms with Crippen LogP contribution in [-0.4, -0.2) is 40.8 Å². The fraction of sp³-hybridized carbons (Fsp3) is 0.455. The van der Waals surface area contributed by atoms with Gasteiger partial charge in [-0.25, -0.2) is 0 Å². The van der Waals surface area contributed by atoms with E-state index in [1.807, 2.05) is 27.7 Å². The first kappa shape index (κ1) is 33.9. The summed E-state index contributed by atoms with van der Waals surface area (Å²) >= 11 is 0. The van der Waals surface area contributed by atoms with Crippen molar-refractivity contribution in [3.05, 3.63) is 80.1 Å². The second kappa shape index (κ2) is 14.2. The van der Waals surface area contributed by atoms with Gasteiger partial charge in [0.2, 0.25) is 0 Å². The maximum absolute atomic E-state index is 4.20. The summed E-state index contributed by atoms with van der Waals surface area (Å²) in [4.78, 5) is 0. The molecule has 4 aromatic rings.